The van der Waals surface area contributed by atoms with E-state index < -0.39 is 11.6 Å². The van der Waals surface area contributed by atoms with Gasteiger partial charge in [0.1, 0.15) is 11.6 Å². The summed E-state index contributed by atoms with van der Waals surface area (Å²) < 4.78 is 27.2. The van der Waals surface area contributed by atoms with Gasteiger partial charge in [-0.3, -0.25) is 4.79 Å². The van der Waals surface area contributed by atoms with Crippen LogP contribution < -0.4 is 16.0 Å². The van der Waals surface area contributed by atoms with Gasteiger partial charge in [-0.1, -0.05) is 26.0 Å². The molecular formula is C25H33F2N3OS. The molecule has 1 amide bonds. The topological polar surface area (TPSA) is 53.2 Å². The Morgan fingerprint density at radius 1 is 1.09 bits per heavy atom. The number of anilines is 1. The zero-order valence-corrected chi connectivity index (χ0v) is 19.9. The number of hydrogen-bond donors (Lipinski definition) is 4. The van der Waals surface area contributed by atoms with Gasteiger partial charge in [-0.25, -0.2) is 8.78 Å². The number of hydrogen-bond acceptors (Lipinski definition) is 4. The third-order valence-corrected chi connectivity index (χ3v) is 6.14. The maximum absolute atomic E-state index is 13.6. The van der Waals surface area contributed by atoms with Crippen LogP contribution in [0.15, 0.2) is 30.3 Å². The Morgan fingerprint density at radius 2 is 1.78 bits per heavy atom. The number of nitrogens with one attached hydrogen (secondary N) is 3. The fourth-order valence-electron chi connectivity index (χ4n) is 4.34. The highest BCUT2D eigenvalue weighted by Crippen LogP contribution is 2.29. The molecular weight excluding hydrogens is 428 g/mol. The summed E-state index contributed by atoms with van der Waals surface area (Å²) >= 11 is 4.69. The lowest BCUT2D eigenvalue weighted by atomic mass is 9.96. The number of rotatable bonds is 10. The van der Waals surface area contributed by atoms with E-state index in [-0.39, 0.29) is 17.2 Å². The molecule has 0 fully saturated rings. The zero-order valence-electron chi connectivity index (χ0n) is 19.0. The summed E-state index contributed by atoms with van der Waals surface area (Å²) in [6, 6.07) is 7.64. The van der Waals surface area contributed by atoms with Gasteiger partial charge in [0.05, 0.1) is 0 Å². The lowest BCUT2D eigenvalue weighted by Crippen LogP contribution is -2.45. The second kappa shape index (κ2) is 11.1. The third kappa shape index (κ3) is 6.94. The number of fused-ring (bicyclic) bond motifs is 1. The first-order chi connectivity index (χ1) is 15.2. The van der Waals surface area contributed by atoms with Crippen LogP contribution in [0.5, 0.6) is 0 Å². The number of carbonyl (C=O) groups is 1. The molecule has 2 atom stereocenters. The van der Waals surface area contributed by atoms with Crippen molar-refractivity contribution in [3.05, 3.63) is 64.2 Å². The predicted molar refractivity (Wildman–Crippen MR) is 129 cm³/mol. The molecule has 1 heterocycles. The first-order valence-electron chi connectivity index (χ1n) is 11.2. The molecule has 1 aliphatic heterocycles. The molecule has 0 aliphatic carbocycles. The predicted octanol–water partition coefficient (Wildman–Crippen LogP) is 4.27. The Morgan fingerprint density at radius 3 is 2.44 bits per heavy atom. The molecule has 3 rings (SSSR count). The minimum Gasteiger partial charge on any atom is -0.384 e. The number of amides is 1. The maximum Gasteiger partial charge on any atom is 0.217 e. The summed E-state index contributed by atoms with van der Waals surface area (Å²) in [6.07, 6.45) is 2.38. The number of carbonyl (C=O) groups excluding carboxylic acids is 1. The molecule has 0 aromatic heterocycles. The second-order valence-corrected chi connectivity index (χ2v) is 9.71. The highest BCUT2D eigenvalue weighted by Gasteiger charge is 2.21. The average Bonchev–Trinajstić information content (AvgIpc) is 3.14. The molecule has 0 radical (unpaired) electrons. The van der Waals surface area contributed by atoms with Crippen molar-refractivity contribution >= 4 is 24.2 Å². The van der Waals surface area contributed by atoms with Crippen LogP contribution in [0, 0.1) is 17.6 Å². The Labute approximate surface area is 195 Å². The van der Waals surface area contributed by atoms with Crippen LogP contribution in [0.1, 0.15) is 43.0 Å². The fourth-order valence-corrected chi connectivity index (χ4v) is 4.65. The lowest BCUT2D eigenvalue weighted by Gasteiger charge is -2.25. The van der Waals surface area contributed by atoms with Crippen LogP contribution in [0.4, 0.5) is 14.5 Å². The number of halogens is 2. The SMILES string of the molecule is CC(=O)N[C@@H](Cc1cc(F)cc(F)c1)[C@H](S)CNCc1cc(CC(C)C)cc2c1NCC2. The first-order valence-corrected chi connectivity index (χ1v) is 11.7. The molecule has 0 bridgehead atoms. The van der Waals surface area contributed by atoms with Gasteiger partial charge >= 0.3 is 0 Å². The third-order valence-electron chi connectivity index (χ3n) is 5.60. The van der Waals surface area contributed by atoms with Gasteiger partial charge in [0, 0.05) is 49.6 Å². The molecule has 32 heavy (non-hydrogen) atoms. The highest BCUT2D eigenvalue weighted by molar-refractivity contribution is 7.81. The molecule has 7 heteroatoms. The molecule has 0 saturated heterocycles. The first kappa shape index (κ1) is 24.5. The Bertz CT molecular complexity index is 931. The van der Waals surface area contributed by atoms with Crippen molar-refractivity contribution in [2.75, 3.05) is 18.4 Å². The monoisotopic (exact) mass is 461 g/mol. The second-order valence-electron chi connectivity index (χ2n) is 9.05. The van der Waals surface area contributed by atoms with E-state index in [1.807, 2.05) is 0 Å². The van der Waals surface area contributed by atoms with Crippen molar-refractivity contribution in [3.63, 3.8) is 0 Å². The number of thiol groups is 1. The van der Waals surface area contributed by atoms with E-state index in [1.54, 1.807) is 0 Å². The van der Waals surface area contributed by atoms with Crippen LogP contribution in [0.2, 0.25) is 0 Å². The normalized spacial score (nSPS) is 14.7. The van der Waals surface area contributed by atoms with E-state index in [9.17, 15) is 13.6 Å². The van der Waals surface area contributed by atoms with Crippen LogP contribution >= 0.6 is 12.6 Å². The summed E-state index contributed by atoms with van der Waals surface area (Å²) in [7, 11) is 0. The van der Waals surface area contributed by atoms with E-state index >= 15 is 0 Å². The minimum absolute atomic E-state index is 0.200. The maximum atomic E-state index is 13.6. The summed E-state index contributed by atoms with van der Waals surface area (Å²) in [5.74, 6) is -0.860. The van der Waals surface area contributed by atoms with Crippen LogP contribution in [-0.2, 0) is 30.6 Å². The standard InChI is InChI=1S/C25H33F2N3OS/c1-15(2)6-17-7-19-4-5-29-25(19)20(8-17)13-28-14-24(32)23(30-16(3)31)11-18-9-21(26)12-22(27)10-18/h7-10,12,15,23-24,28-29,32H,4-6,11,13-14H2,1-3H3,(H,30,31)/t23-,24+/m0/s1. The van der Waals surface area contributed by atoms with E-state index in [1.165, 1.54) is 41.4 Å². The van der Waals surface area contributed by atoms with Crippen molar-refractivity contribution in [2.24, 2.45) is 5.92 Å². The molecule has 2 aromatic rings. The van der Waals surface area contributed by atoms with Crippen LogP contribution in [0.25, 0.3) is 0 Å². The summed E-state index contributed by atoms with van der Waals surface area (Å²) in [5, 5.41) is 9.59. The molecule has 1 aliphatic rings. The highest BCUT2D eigenvalue weighted by atomic mass is 32.1. The molecule has 0 saturated carbocycles. The smallest absolute Gasteiger partial charge is 0.217 e. The van der Waals surface area contributed by atoms with Gasteiger partial charge in [0.15, 0.2) is 0 Å². The van der Waals surface area contributed by atoms with Crippen molar-refractivity contribution in [1.82, 2.24) is 10.6 Å². The zero-order chi connectivity index (χ0) is 23.3. The van der Waals surface area contributed by atoms with E-state index in [0.29, 0.717) is 31.0 Å². The van der Waals surface area contributed by atoms with Crippen molar-refractivity contribution in [1.29, 1.82) is 0 Å². The summed E-state index contributed by atoms with van der Waals surface area (Å²) in [5.41, 5.74) is 5.66. The van der Waals surface area contributed by atoms with Gasteiger partial charge in [-0.15, -0.1) is 0 Å². The van der Waals surface area contributed by atoms with Gasteiger partial charge in [0.25, 0.3) is 0 Å². The van der Waals surface area contributed by atoms with Gasteiger partial charge in [-0.2, -0.15) is 12.6 Å². The van der Waals surface area contributed by atoms with Crippen LogP contribution in [0.3, 0.4) is 0 Å². The average molecular weight is 462 g/mol. The quantitative estimate of drug-likeness (QED) is 0.400. The van der Waals surface area contributed by atoms with Gasteiger partial charge < -0.3 is 16.0 Å². The Balaban J connectivity index is 1.65. The molecule has 174 valence electrons. The van der Waals surface area contributed by atoms with E-state index in [4.69, 9.17) is 12.6 Å². The van der Waals surface area contributed by atoms with Gasteiger partial charge in [-0.05, 0) is 59.6 Å². The molecule has 4 nitrogen and oxygen atoms in total. The summed E-state index contributed by atoms with van der Waals surface area (Å²) in [4.78, 5) is 11.7. The molecule has 3 N–H and O–H groups in total. The van der Waals surface area contributed by atoms with Crippen molar-refractivity contribution in [2.45, 2.75) is 57.9 Å². The van der Waals surface area contributed by atoms with Crippen molar-refractivity contribution in [3.8, 4) is 0 Å². The van der Waals surface area contributed by atoms with Crippen molar-refractivity contribution < 1.29 is 13.6 Å². The molecule has 2 aromatic carbocycles. The van der Waals surface area contributed by atoms with Crippen LogP contribution in [-0.4, -0.2) is 30.3 Å². The summed E-state index contributed by atoms with van der Waals surface area (Å²) in [6.45, 7) is 8.05. The molecule has 0 spiro atoms. The van der Waals surface area contributed by atoms with E-state index in [0.717, 1.165) is 25.5 Å². The van der Waals surface area contributed by atoms with E-state index in [2.05, 4.69) is 41.9 Å². The largest absolute Gasteiger partial charge is 0.384 e. The minimum atomic E-state index is -0.627. The lowest BCUT2D eigenvalue weighted by molar-refractivity contribution is -0.119. The number of benzene rings is 2. The van der Waals surface area contributed by atoms with Gasteiger partial charge in [0.2, 0.25) is 5.91 Å². The molecule has 0 unspecified atom stereocenters. The fraction of sp³-hybridized carbons (Fsp3) is 0.480. The Kier molecular flexibility index (Phi) is 8.54. The Hall–Kier alpha value is -2.12.